The molecule has 1 aromatic rings. The number of aliphatic hydroxyl groups excluding tert-OH is 2. The van der Waals surface area contributed by atoms with Crippen LogP contribution in [0.25, 0.3) is 0 Å². The van der Waals surface area contributed by atoms with Gasteiger partial charge in [0.15, 0.2) is 0 Å². The van der Waals surface area contributed by atoms with Crippen LogP contribution in [0.4, 0.5) is 11.6 Å². The van der Waals surface area contributed by atoms with Crippen molar-refractivity contribution in [2.24, 2.45) is 0 Å². The minimum absolute atomic E-state index is 0.266. The van der Waals surface area contributed by atoms with E-state index in [9.17, 15) is 5.11 Å². The summed E-state index contributed by atoms with van der Waals surface area (Å²) in [6.07, 6.45) is -0.0392. The second-order valence-corrected chi connectivity index (χ2v) is 4.06. The average Bonchev–Trinajstić information content (AvgIpc) is 2.39. The quantitative estimate of drug-likeness (QED) is 0.568. The first kappa shape index (κ1) is 14.7. The topological polar surface area (TPSA) is 90.3 Å². The van der Waals surface area contributed by atoms with Crippen LogP contribution in [0.3, 0.4) is 0 Å². The lowest BCUT2D eigenvalue weighted by atomic mass is 10.2. The number of hydrogen-bond donors (Lipinski definition) is 4. The van der Waals surface area contributed by atoms with Crippen molar-refractivity contribution in [2.45, 2.75) is 33.3 Å². The van der Waals surface area contributed by atoms with Crippen LogP contribution in [0, 0.1) is 6.92 Å². The van der Waals surface area contributed by atoms with Gasteiger partial charge in [0, 0.05) is 25.1 Å². The summed E-state index contributed by atoms with van der Waals surface area (Å²) in [6, 6.07) is 0. The predicted molar refractivity (Wildman–Crippen MR) is 71.9 cm³/mol. The zero-order valence-electron chi connectivity index (χ0n) is 11.2. The molecule has 0 aliphatic heterocycles. The molecule has 0 radical (unpaired) electrons. The van der Waals surface area contributed by atoms with Gasteiger partial charge in [0.2, 0.25) is 0 Å². The highest BCUT2D eigenvalue weighted by molar-refractivity contribution is 5.57. The van der Waals surface area contributed by atoms with Crippen molar-refractivity contribution >= 4 is 11.6 Å². The second-order valence-electron chi connectivity index (χ2n) is 4.06. The predicted octanol–water partition coefficient (Wildman–Crippen LogP) is 0.544. The Morgan fingerprint density at radius 3 is 2.28 bits per heavy atom. The molecule has 0 aliphatic carbocycles. The third-order valence-corrected chi connectivity index (χ3v) is 2.57. The molecule has 1 heterocycles. The summed E-state index contributed by atoms with van der Waals surface area (Å²) in [4.78, 5) is 8.80. The Labute approximate surface area is 107 Å². The molecular formula is C12H22N4O2. The van der Waals surface area contributed by atoms with Crippen molar-refractivity contribution in [3.8, 4) is 0 Å². The van der Waals surface area contributed by atoms with E-state index in [2.05, 4.69) is 20.6 Å². The summed E-state index contributed by atoms with van der Waals surface area (Å²) in [5.41, 5.74) is 0.916. The van der Waals surface area contributed by atoms with E-state index < -0.39 is 6.10 Å². The van der Waals surface area contributed by atoms with Crippen molar-refractivity contribution in [1.82, 2.24) is 9.97 Å². The third-order valence-electron chi connectivity index (χ3n) is 2.57. The minimum Gasteiger partial charge on any atom is -0.394 e. The van der Waals surface area contributed by atoms with Gasteiger partial charge in [-0.05, 0) is 13.8 Å². The average molecular weight is 254 g/mol. The van der Waals surface area contributed by atoms with Crippen LogP contribution in [0.15, 0.2) is 0 Å². The van der Waals surface area contributed by atoms with Crippen molar-refractivity contribution in [1.29, 1.82) is 0 Å². The number of nitrogens with one attached hydrogen (secondary N) is 2. The summed E-state index contributed by atoms with van der Waals surface area (Å²) < 4.78 is 0. The van der Waals surface area contributed by atoms with Crippen molar-refractivity contribution < 1.29 is 10.2 Å². The Bertz CT molecular complexity index is 385. The Hall–Kier alpha value is -1.40. The smallest absolute Gasteiger partial charge is 0.134 e. The Balaban J connectivity index is 2.90. The first-order valence-corrected chi connectivity index (χ1v) is 6.26. The molecule has 0 amide bonds. The van der Waals surface area contributed by atoms with Gasteiger partial charge < -0.3 is 20.8 Å². The van der Waals surface area contributed by atoms with Crippen LogP contribution < -0.4 is 10.6 Å². The van der Waals surface area contributed by atoms with Gasteiger partial charge in [-0.25, -0.2) is 9.97 Å². The van der Waals surface area contributed by atoms with Gasteiger partial charge in [-0.2, -0.15) is 0 Å². The minimum atomic E-state index is -0.785. The van der Waals surface area contributed by atoms with Crippen LogP contribution in [-0.4, -0.2) is 46.0 Å². The molecule has 1 atom stereocenters. The second kappa shape index (κ2) is 7.13. The summed E-state index contributed by atoms with van der Waals surface area (Å²) in [5, 5.41) is 24.3. The van der Waals surface area contributed by atoms with Crippen LogP contribution >= 0.6 is 0 Å². The van der Waals surface area contributed by atoms with Gasteiger partial charge in [0.25, 0.3) is 0 Å². The Morgan fingerprint density at radius 2 is 1.78 bits per heavy atom. The molecule has 0 aromatic carbocycles. The monoisotopic (exact) mass is 254 g/mol. The van der Waals surface area contributed by atoms with E-state index in [1.807, 2.05) is 20.8 Å². The van der Waals surface area contributed by atoms with E-state index in [0.717, 1.165) is 30.2 Å². The first-order chi connectivity index (χ1) is 8.62. The van der Waals surface area contributed by atoms with Crippen molar-refractivity contribution in [3.05, 3.63) is 11.4 Å². The van der Waals surface area contributed by atoms with E-state index in [-0.39, 0.29) is 13.2 Å². The lowest BCUT2D eigenvalue weighted by Crippen LogP contribution is -2.24. The molecule has 1 rings (SSSR count). The van der Waals surface area contributed by atoms with Crippen molar-refractivity contribution in [3.63, 3.8) is 0 Å². The molecule has 0 saturated carbocycles. The molecule has 6 nitrogen and oxygen atoms in total. The molecule has 0 aliphatic rings. The van der Waals surface area contributed by atoms with Crippen LogP contribution in [0.2, 0.25) is 0 Å². The fourth-order valence-corrected chi connectivity index (χ4v) is 1.51. The van der Waals surface area contributed by atoms with Crippen LogP contribution in [0.1, 0.15) is 25.2 Å². The number of hydrogen-bond acceptors (Lipinski definition) is 6. The lowest BCUT2D eigenvalue weighted by Gasteiger charge is -2.15. The van der Waals surface area contributed by atoms with Crippen LogP contribution in [0.5, 0.6) is 0 Å². The number of anilines is 2. The zero-order valence-corrected chi connectivity index (χ0v) is 11.2. The van der Waals surface area contributed by atoms with Gasteiger partial charge in [-0.15, -0.1) is 0 Å². The molecule has 102 valence electrons. The molecular weight excluding hydrogens is 232 g/mol. The number of aromatic nitrogens is 2. The number of nitrogens with zero attached hydrogens (tertiary/aromatic N) is 2. The van der Waals surface area contributed by atoms with Gasteiger partial charge in [0.05, 0.1) is 12.7 Å². The van der Waals surface area contributed by atoms with E-state index in [0.29, 0.717) is 5.82 Å². The molecule has 1 unspecified atom stereocenters. The van der Waals surface area contributed by atoms with Crippen LogP contribution in [-0.2, 0) is 6.42 Å². The van der Waals surface area contributed by atoms with E-state index in [1.54, 1.807) is 0 Å². The lowest BCUT2D eigenvalue weighted by molar-refractivity contribution is 0.105. The maximum atomic E-state index is 9.34. The molecule has 0 saturated heterocycles. The molecule has 0 fully saturated rings. The highest BCUT2D eigenvalue weighted by Crippen LogP contribution is 2.20. The largest absolute Gasteiger partial charge is 0.394 e. The zero-order chi connectivity index (χ0) is 13.5. The third kappa shape index (κ3) is 3.82. The normalized spacial score (nSPS) is 12.3. The molecule has 1 aromatic heterocycles. The van der Waals surface area contributed by atoms with Gasteiger partial charge in [0.1, 0.15) is 17.5 Å². The highest BCUT2D eigenvalue weighted by atomic mass is 16.3. The summed E-state index contributed by atoms with van der Waals surface area (Å²) >= 11 is 0. The summed E-state index contributed by atoms with van der Waals surface area (Å²) in [5.74, 6) is 2.26. The molecule has 0 spiro atoms. The molecule has 0 bridgehead atoms. The fourth-order valence-electron chi connectivity index (χ4n) is 1.51. The first-order valence-electron chi connectivity index (χ1n) is 6.26. The van der Waals surface area contributed by atoms with Gasteiger partial charge >= 0.3 is 0 Å². The van der Waals surface area contributed by atoms with Gasteiger partial charge in [-0.3, -0.25) is 0 Å². The summed E-state index contributed by atoms with van der Waals surface area (Å²) in [6.45, 7) is 6.72. The van der Waals surface area contributed by atoms with E-state index >= 15 is 0 Å². The maximum absolute atomic E-state index is 9.34. The highest BCUT2D eigenvalue weighted by Gasteiger charge is 2.10. The number of aliphatic hydroxyl groups is 2. The maximum Gasteiger partial charge on any atom is 0.134 e. The molecule has 6 heteroatoms. The molecule has 4 N–H and O–H groups in total. The number of aryl methyl sites for hydroxylation is 1. The van der Waals surface area contributed by atoms with Gasteiger partial charge in [-0.1, -0.05) is 6.92 Å². The van der Waals surface area contributed by atoms with Crippen molar-refractivity contribution in [2.75, 3.05) is 30.3 Å². The van der Waals surface area contributed by atoms with E-state index in [1.165, 1.54) is 0 Å². The Morgan fingerprint density at radius 1 is 1.17 bits per heavy atom. The SMILES string of the molecule is CCNc1nc(CC)nc(NCC(O)CO)c1C. The number of rotatable bonds is 7. The Kier molecular flexibility index (Phi) is 5.80. The summed E-state index contributed by atoms with van der Waals surface area (Å²) in [7, 11) is 0. The molecule has 18 heavy (non-hydrogen) atoms. The fraction of sp³-hybridized carbons (Fsp3) is 0.667. The standard InChI is InChI=1S/C12H22N4O2/c1-4-10-15-11(13-5-2)8(3)12(16-10)14-6-9(18)7-17/h9,17-18H,4-7H2,1-3H3,(H2,13,14,15,16). The van der Waals surface area contributed by atoms with E-state index in [4.69, 9.17) is 5.11 Å².